The Bertz CT molecular complexity index is 1790. The van der Waals surface area contributed by atoms with Gasteiger partial charge in [-0.15, -0.1) is 0 Å². The van der Waals surface area contributed by atoms with E-state index in [1.807, 2.05) is 54.1 Å². The molecule has 41 heavy (non-hydrogen) atoms. The predicted octanol–water partition coefficient (Wildman–Crippen LogP) is 7.26. The van der Waals surface area contributed by atoms with Crippen molar-refractivity contribution in [2.75, 3.05) is 6.54 Å². The molecule has 0 N–H and O–H groups in total. The van der Waals surface area contributed by atoms with Crippen LogP contribution in [0.1, 0.15) is 46.3 Å². The molecule has 4 aliphatic heterocycles. The van der Waals surface area contributed by atoms with Gasteiger partial charge in [-0.1, -0.05) is 48.5 Å². The maximum absolute atomic E-state index is 15.9. The lowest BCUT2D eigenvalue weighted by Crippen LogP contribution is -2.53. The van der Waals surface area contributed by atoms with Crippen LogP contribution in [0.4, 0.5) is 13.2 Å². The van der Waals surface area contributed by atoms with Gasteiger partial charge in [0.25, 0.3) is 0 Å². The lowest BCUT2D eigenvalue weighted by atomic mass is 9.75. The quantitative estimate of drug-likeness (QED) is 0.183. The van der Waals surface area contributed by atoms with Gasteiger partial charge in [-0.25, -0.2) is 13.2 Å². The highest BCUT2D eigenvalue weighted by Crippen LogP contribution is 2.52. The van der Waals surface area contributed by atoms with Crippen LogP contribution in [0.2, 0.25) is 0 Å². The molecule has 4 aromatic rings. The second kappa shape index (κ2) is 8.84. The average molecular weight is 549 g/mol. The molecule has 0 spiro atoms. The Labute approximate surface area is 237 Å². The lowest BCUT2D eigenvalue weighted by Gasteiger charge is -2.48. The first kappa shape index (κ1) is 24.5. The molecule has 0 saturated heterocycles. The van der Waals surface area contributed by atoms with Crippen LogP contribution in [0.3, 0.4) is 0 Å². The van der Waals surface area contributed by atoms with Crippen molar-refractivity contribution >= 4 is 5.70 Å². The van der Waals surface area contributed by atoms with E-state index in [0.29, 0.717) is 24.1 Å². The summed E-state index contributed by atoms with van der Waals surface area (Å²) in [6.45, 7) is 7.61. The SMILES string of the molecule is C=C1C2C(CCc3cc(F)c(F)c(F)c3-c3cc(-c4ccccc4)c(C)c[n+]31)c1cccc3c1C1N(C=CN21)CC3. The third-order valence-corrected chi connectivity index (χ3v) is 9.50. The number of aromatic nitrogens is 1. The van der Waals surface area contributed by atoms with E-state index in [0.717, 1.165) is 35.4 Å². The largest absolute Gasteiger partial charge is 0.352 e. The molecule has 0 saturated carbocycles. The zero-order valence-corrected chi connectivity index (χ0v) is 22.7. The van der Waals surface area contributed by atoms with Crippen LogP contribution in [-0.4, -0.2) is 22.4 Å². The van der Waals surface area contributed by atoms with Crippen LogP contribution in [0.15, 0.2) is 85.8 Å². The van der Waals surface area contributed by atoms with E-state index in [1.165, 1.54) is 22.8 Å². The number of nitrogens with zero attached hydrogens (tertiary/aromatic N) is 3. The summed E-state index contributed by atoms with van der Waals surface area (Å²) in [5.41, 5.74) is 8.69. The van der Waals surface area contributed by atoms with Gasteiger partial charge in [-0.3, -0.25) is 0 Å². The smallest absolute Gasteiger partial charge is 0.222 e. The molecule has 0 amide bonds. The van der Waals surface area contributed by atoms with Crippen molar-refractivity contribution in [3.05, 3.63) is 131 Å². The molecule has 3 atom stereocenters. The molecular weight excluding hydrogens is 519 g/mol. The highest BCUT2D eigenvalue weighted by atomic mass is 19.2. The van der Waals surface area contributed by atoms with Crippen molar-refractivity contribution in [3.63, 3.8) is 0 Å². The van der Waals surface area contributed by atoms with Crippen LogP contribution in [-0.2, 0) is 12.8 Å². The van der Waals surface area contributed by atoms with Crippen molar-refractivity contribution in [2.24, 2.45) is 0 Å². The van der Waals surface area contributed by atoms with Crippen molar-refractivity contribution in [3.8, 4) is 22.4 Å². The first-order valence-electron chi connectivity index (χ1n) is 14.2. The average Bonchev–Trinajstić information content (AvgIpc) is 3.44. The highest BCUT2D eigenvalue weighted by molar-refractivity contribution is 5.74. The summed E-state index contributed by atoms with van der Waals surface area (Å²) in [6.07, 6.45) is 8.42. The second-order valence-corrected chi connectivity index (χ2v) is 11.6. The molecular formula is C35H29F3N3+. The minimum Gasteiger partial charge on any atom is -0.352 e. The van der Waals surface area contributed by atoms with Crippen LogP contribution in [0.5, 0.6) is 0 Å². The zero-order chi connectivity index (χ0) is 28.0. The van der Waals surface area contributed by atoms with Gasteiger partial charge in [0.05, 0.1) is 5.56 Å². The lowest BCUT2D eigenvalue weighted by molar-refractivity contribution is -0.574. The molecule has 0 radical (unpaired) electrons. The van der Waals surface area contributed by atoms with E-state index in [4.69, 9.17) is 0 Å². The fourth-order valence-corrected chi connectivity index (χ4v) is 7.67. The van der Waals surface area contributed by atoms with Crippen molar-refractivity contribution in [1.82, 2.24) is 9.80 Å². The Morgan fingerprint density at radius 1 is 0.902 bits per heavy atom. The summed E-state index contributed by atoms with van der Waals surface area (Å²) in [4.78, 5) is 4.78. The summed E-state index contributed by atoms with van der Waals surface area (Å²) in [7, 11) is 0. The van der Waals surface area contributed by atoms with E-state index in [1.54, 1.807) is 0 Å². The number of benzene rings is 3. The Morgan fingerprint density at radius 2 is 1.73 bits per heavy atom. The summed E-state index contributed by atoms with van der Waals surface area (Å²) in [6, 6.07) is 19.4. The molecule has 8 rings (SSSR count). The summed E-state index contributed by atoms with van der Waals surface area (Å²) in [5, 5.41) is 0. The maximum Gasteiger partial charge on any atom is 0.222 e. The molecule has 5 heterocycles. The van der Waals surface area contributed by atoms with Gasteiger partial charge in [0.1, 0.15) is 12.2 Å². The standard InChI is InChI=1S/C35H29F3N3/c1-20-19-41-21(2)34-26(25-10-6-9-23-13-14-39-15-16-40(34)35(39)30(23)25)12-11-24-17-28(36)32(37)33(38)31(24)29(41)18-27(20)22-7-4-3-5-8-22/h3-10,15-19,26,34-35H,2,11-14H2,1H3/q+1. The molecule has 4 aliphatic rings. The van der Waals surface area contributed by atoms with Crippen molar-refractivity contribution < 1.29 is 17.7 Å². The fraction of sp³-hybridized carbons (Fsp3) is 0.229. The van der Waals surface area contributed by atoms with Crippen LogP contribution >= 0.6 is 0 Å². The van der Waals surface area contributed by atoms with E-state index >= 15 is 4.39 Å². The number of hydrogen-bond donors (Lipinski definition) is 0. The highest BCUT2D eigenvalue weighted by Gasteiger charge is 2.50. The Kier molecular flexibility index (Phi) is 5.28. The van der Waals surface area contributed by atoms with E-state index in [9.17, 15) is 8.78 Å². The van der Waals surface area contributed by atoms with Gasteiger partial charge in [0, 0.05) is 42.1 Å². The number of pyridine rings is 1. The van der Waals surface area contributed by atoms with Gasteiger partial charge in [-0.05, 0) is 66.6 Å². The van der Waals surface area contributed by atoms with E-state index in [2.05, 4.69) is 47.0 Å². The molecule has 0 aliphatic carbocycles. The summed E-state index contributed by atoms with van der Waals surface area (Å²) >= 11 is 0. The monoisotopic (exact) mass is 548 g/mol. The summed E-state index contributed by atoms with van der Waals surface area (Å²) < 4.78 is 47.5. The second-order valence-electron chi connectivity index (χ2n) is 11.6. The van der Waals surface area contributed by atoms with Crippen molar-refractivity contribution in [2.45, 2.75) is 44.3 Å². The first-order valence-corrected chi connectivity index (χ1v) is 14.2. The molecule has 1 aromatic heterocycles. The zero-order valence-electron chi connectivity index (χ0n) is 22.7. The molecule has 3 unspecified atom stereocenters. The maximum atomic E-state index is 15.9. The first-order chi connectivity index (χ1) is 19.9. The van der Waals surface area contributed by atoms with E-state index < -0.39 is 17.5 Å². The minimum absolute atomic E-state index is 0.0352. The number of hydrogen-bond acceptors (Lipinski definition) is 2. The Hall–Kier alpha value is -4.32. The molecule has 3 nitrogen and oxygen atoms in total. The normalized spacial score (nSPS) is 21.9. The molecule has 0 fully saturated rings. The Balaban J connectivity index is 1.41. The van der Waals surface area contributed by atoms with Crippen molar-refractivity contribution in [1.29, 1.82) is 0 Å². The topological polar surface area (TPSA) is 10.4 Å². The van der Waals surface area contributed by atoms with Crippen LogP contribution < -0.4 is 4.57 Å². The molecule has 204 valence electrons. The Morgan fingerprint density at radius 3 is 2.56 bits per heavy atom. The number of halogens is 3. The third kappa shape index (κ3) is 3.43. The third-order valence-electron chi connectivity index (χ3n) is 9.50. The molecule has 6 heteroatoms. The van der Waals surface area contributed by atoms with Gasteiger partial charge >= 0.3 is 0 Å². The number of aryl methyl sites for hydroxylation is 2. The molecule has 3 aromatic carbocycles. The van der Waals surface area contributed by atoms with Gasteiger partial charge in [-0.2, -0.15) is 4.57 Å². The fourth-order valence-electron chi connectivity index (χ4n) is 7.67. The molecule has 0 bridgehead atoms. The summed E-state index contributed by atoms with van der Waals surface area (Å²) in [5.74, 6) is -3.72. The predicted molar refractivity (Wildman–Crippen MR) is 153 cm³/mol. The number of rotatable bonds is 1. The minimum atomic E-state index is -1.45. The van der Waals surface area contributed by atoms with E-state index in [-0.39, 0.29) is 23.7 Å². The van der Waals surface area contributed by atoms with Crippen LogP contribution in [0.25, 0.3) is 28.1 Å². The van der Waals surface area contributed by atoms with Crippen LogP contribution in [0, 0.1) is 24.4 Å². The number of fused-ring (bicyclic) bond motifs is 6. The van der Waals surface area contributed by atoms with Gasteiger partial charge in [0.15, 0.2) is 23.6 Å². The van der Waals surface area contributed by atoms with Gasteiger partial charge in [0.2, 0.25) is 11.4 Å². The van der Waals surface area contributed by atoms with Gasteiger partial charge < -0.3 is 9.80 Å².